The van der Waals surface area contributed by atoms with Crippen LogP contribution in [-0.4, -0.2) is 32.6 Å². The van der Waals surface area contributed by atoms with Crippen molar-refractivity contribution in [3.8, 4) is 0 Å². The molecule has 36 heavy (non-hydrogen) atoms. The van der Waals surface area contributed by atoms with E-state index in [1.54, 1.807) is 4.57 Å². The molecule has 2 aromatic heterocycles. The molecule has 7 nitrogen and oxygen atoms in total. The SMILES string of the molecule is CN1CCCC1c1ccc(Cn2cc3c(c2Nc2ccccc2)c(=O)[nH]c(=O)n3CC(C)(C)C)cc1. The average Bonchev–Trinajstić information content (AvgIpc) is 3.41. The molecule has 1 aliphatic rings. The number of para-hydroxylation sites is 1. The number of anilines is 2. The molecule has 0 radical (unpaired) electrons. The van der Waals surface area contributed by atoms with Crippen LogP contribution in [0.2, 0.25) is 0 Å². The topological polar surface area (TPSA) is 75.1 Å². The van der Waals surface area contributed by atoms with Crippen LogP contribution in [0.4, 0.5) is 11.5 Å². The second kappa shape index (κ2) is 9.47. The van der Waals surface area contributed by atoms with E-state index in [4.69, 9.17) is 0 Å². The minimum Gasteiger partial charge on any atom is -0.341 e. The lowest BCUT2D eigenvalue weighted by Crippen LogP contribution is -2.33. The summed E-state index contributed by atoms with van der Waals surface area (Å²) in [5.74, 6) is 0.680. The summed E-state index contributed by atoms with van der Waals surface area (Å²) in [6.07, 6.45) is 4.36. The molecule has 1 fully saturated rings. The number of aromatic nitrogens is 3. The Morgan fingerprint density at radius 2 is 1.75 bits per heavy atom. The number of aromatic amines is 1. The van der Waals surface area contributed by atoms with E-state index in [1.807, 2.05) is 41.1 Å². The first-order chi connectivity index (χ1) is 17.2. The maximum Gasteiger partial charge on any atom is 0.328 e. The van der Waals surface area contributed by atoms with Gasteiger partial charge in [0.05, 0.1) is 5.52 Å². The van der Waals surface area contributed by atoms with Crippen LogP contribution < -0.4 is 16.6 Å². The van der Waals surface area contributed by atoms with E-state index in [0.717, 1.165) is 17.8 Å². The van der Waals surface area contributed by atoms with Crippen LogP contribution in [0.1, 0.15) is 50.8 Å². The summed E-state index contributed by atoms with van der Waals surface area (Å²) in [7, 11) is 2.19. The van der Waals surface area contributed by atoms with Gasteiger partial charge in [-0.2, -0.15) is 0 Å². The first kappa shape index (κ1) is 24.1. The standard InChI is InChI=1S/C29H35N5O2/c1-29(2,3)19-34-24-18-33(17-20-12-14-21(15-13-20)23-11-8-16-32(23)4)26(25(24)27(35)31-28(34)36)30-22-9-6-5-7-10-22/h5-7,9-10,12-15,18,23,30H,8,11,16-17,19H2,1-4H3,(H,31,35,36). The van der Waals surface area contributed by atoms with E-state index >= 15 is 0 Å². The minimum absolute atomic E-state index is 0.132. The lowest BCUT2D eigenvalue weighted by molar-refractivity contribution is 0.317. The monoisotopic (exact) mass is 485 g/mol. The zero-order chi connectivity index (χ0) is 25.4. The third kappa shape index (κ3) is 4.88. The van der Waals surface area contributed by atoms with Crippen LogP contribution in [0, 0.1) is 5.41 Å². The maximum absolute atomic E-state index is 13.1. The van der Waals surface area contributed by atoms with Gasteiger partial charge in [0.25, 0.3) is 5.56 Å². The predicted octanol–water partition coefficient (Wildman–Crippen LogP) is 5.10. The number of hydrogen-bond acceptors (Lipinski definition) is 4. The zero-order valence-electron chi connectivity index (χ0n) is 21.5. The summed E-state index contributed by atoms with van der Waals surface area (Å²) in [6, 6.07) is 19.1. The quantitative estimate of drug-likeness (QED) is 0.399. The number of hydrogen-bond donors (Lipinski definition) is 2. The Bertz CT molecular complexity index is 1470. The number of benzene rings is 2. The van der Waals surface area contributed by atoms with Gasteiger partial charge in [-0.1, -0.05) is 63.2 Å². The van der Waals surface area contributed by atoms with Gasteiger partial charge in [-0.25, -0.2) is 4.79 Å². The van der Waals surface area contributed by atoms with E-state index in [1.165, 1.54) is 18.4 Å². The predicted molar refractivity (Wildman–Crippen MR) is 146 cm³/mol. The lowest BCUT2D eigenvalue weighted by Gasteiger charge is -2.20. The van der Waals surface area contributed by atoms with Crippen molar-refractivity contribution in [1.29, 1.82) is 0 Å². The fourth-order valence-corrected chi connectivity index (χ4v) is 5.23. The van der Waals surface area contributed by atoms with E-state index in [9.17, 15) is 9.59 Å². The van der Waals surface area contributed by atoms with Gasteiger partial charge in [0.15, 0.2) is 0 Å². The Morgan fingerprint density at radius 1 is 1.03 bits per heavy atom. The normalized spacial score (nSPS) is 16.6. The largest absolute Gasteiger partial charge is 0.341 e. The summed E-state index contributed by atoms with van der Waals surface area (Å²) in [4.78, 5) is 30.9. The maximum atomic E-state index is 13.1. The highest BCUT2D eigenvalue weighted by Crippen LogP contribution is 2.31. The van der Waals surface area contributed by atoms with Crippen molar-refractivity contribution < 1.29 is 0 Å². The first-order valence-electron chi connectivity index (χ1n) is 12.7. The van der Waals surface area contributed by atoms with Crippen LogP contribution in [-0.2, 0) is 13.1 Å². The van der Waals surface area contributed by atoms with Crippen LogP contribution in [0.5, 0.6) is 0 Å². The second-order valence-corrected chi connectivity index (χ2v) is 11.1. The third-order valence-electron chi connectivity index (χ3n) is 6.95. The Kier molecular flexibility index (Phi) is 6.35. The lowest BCUT2D eigenvalue weighted by atomic mass is 9.97. The number of rotatable bonds is 6. The van der Waals surface area contributed by atoms with E-state index in [0.29, 0.717) is 35.9 Å². The van der Waals surface area contributed by atoms with Gasteiger partial charge in [0.1, 0.15) is 11.2 Å². The first-order valence-corrected chi connectivity index (χ1v) is 12.7. The number of likely N-dealkylation sites (tertiary alicyclic amines) is 1. The third-order valence-corrected chi connectivity index (χ3v) is 6.95. The Labute approximate surface area is 211 Å². The van der Waals surface area contributed by atoms with Crippen LogP contribution in [0.25, 0.3) is 10.9 Å². The second-order valence-electron chi connectivity index (χ2n) is 11.1. The molecule has 188 valence electrons. The molecule has 1 unspecified atom stereocenters. The number of nitrogens with one attached hydrogen (secondary N) is 2. The molecule has 5 rings (SSSR count). The van der Waals surface area contributed by atoms with Crippen molar-refractivity contribution in [2.24, 2.45) is 5.41 Å². The van der Waals surface area contributed by atoms with Crippen molar-refractivity contribution in [2.75, 3.05) is 18.9 Å². The van der Waals surface area contributed by atoms with Crippen molar-refractivity contribution in [1.82, 2.24) is 19.0 Å². The molecule has 1 saturated heterocycles. The number of fused-ring (bicyclic) bond motifs is 1. The van der Waals surface area contributed by atoms with Crippen molar-refractivity contribution in [2.45, 2.75) is 52.7 Å². The highest BCUT2D eigenvalue weighted by atomic mass is 16.2. The molecule has 0 aliphatic carbocycles. The van der Waals surface area contributed by atoms with Gasteiger partial charge in [-0.15, -0.1) is 0 Å². The highest BCUT2D eigenvalue weighted by Gasteiger charge is 2.23. The molecular formula is C29H35N5O2. The summed E-state index contributed by atoms with van der Waals surface area (Å²) >= 11 is 0. The van der Waals surface area contributed by atoms with Gasteiger partial charge in [0, 0.05) is 31.0 Å². The van der Waals surface area contributed by atoms with Crippen molar-refractivity contribution in [3.05, 3.63) is 92.8 Å². The molecule has 0 saturated carbocycles. The Hall–Kier alpha value is -3.58. The summed E-state index contributed by atoms with van der Waals surface area (Å²) in [5.41, 5.74) is 3.11. The average molecular weight is 486 g/mol. The Morgan fingerprint density at radius 3 is 2.39 bits per heavy atom. The zero-order valence-corrected chi connectivity index (χ0v) is 21.5. The minimum atomic E-state index is -0.379. The fourth-order valence-electron chi connectivity index (χ4n) is 5.23. The molecule has 0 spiro atoms. The van der Waals surface area contributed by atoms with Crippen molar-refractivity contribution >= 4 is 22.4 Å². The molecule has 0 bridgehead atoms. The molecule has 1 atom stereocenters. The van der Waals surface area contributed by atoms with Gasteiger partial charge in [-0.3, -0.25) is 19.2 Å². The summed E-state index contributed by atoms with van der Waals surface area (Å²) in [5, 5.41) is 3.94. The number of H-pyrrole nitrogens is 1. The molecule has 7 heteroatoms. The van der Waals surface area contributed by atoms with Crippen molar-refractivity contribution in [3.63, 3.8) is 0 Å². The molecule has 2 N–H and O–H groups in total. The highest BCUT2D eigenvalue weighted by molar-refractivity contribution is 5.92. The van der Waals surface area contributed by atoms with E-state index in [2.05, 4.69) is 67.3 Å². The molecule has 0 amide bonds. The van der Waals surface area contributed by atoms with E-state index in [-0.39, 0.29) is 16.7 Å². The molecular weight excluding hydrogens is 450 g/mol. The summed E-state index contributed by atoms with van der Waals surface area (Å²) in [6.45, 7) is 8.46. The molecule has 4 aromatic rings. The number of nitrogens with zero attached hydrogens (tertiary/aromatic N) is 3. The van der Waals surface area contributed by atoms with E-state index < -0.39 is 0 Å². The van der Waals surface area contributed by atoms with Crippen LogP contribution in [0.3, 0.4) is 0 Å². The Balaban J connectivity index is 1.59. The smallest absolute Gasteiger partial charge is 0.328 e. The van der Waals surface area contributed by atoms with Gasteiger partial charge in [0.2, 0.25) is 0 Å². The van der Waals surface area contributed by atoms with Gasteiger partial charge in [-0.05, 0) is 55.1 Å². The molecule has 3 heterocycles. The fraction of sp³-hybridized carbons (Fsp3) is 0.379. The molecule has 1 aliphatic heterocycles. The van der Waals surface area contributed by atoms with Gasteiger partial charge >= 0.3 is 5.69 Å². The van der Waals surface area contributed by atoms with Gasteiger partial charge < -0.3 is 9.88 Å². The van der Waals surface area contributed by atoms with Crippen LogP contribution >= 0.6 is 0 Å². The molecule has 2 aromatic carbocycles. The summed E-state index contributed by atoms with van der Waals surface area (Å²) < 4.78 is 3.73. The van der Waals surface area contributed by atoms with Crippen LogP contribution in [0.15, 0.2) is 70.4 Å².